The fourth-order valence-electron chi connectivity index (χ4n) is 3.10. The van der Waals surface area contributed by atoms with Gasteiger partial charge >= 0.3 is 0 Å². The number of rotatable bonds is 3. The molecule has 2 aromatic rings. The lowest BCUT2D eigenvalue weighted by molar-refractivity contribution is -0.121. The van der Waals surface area contributed by atoms with E-state index in [4.69, 9.17) is 0 Å². The van der Waals surface area contributed by atoms with Crippen molar-refractivity contribution in [1.29, 1.82) is 0 Å². The number of nitrogens with one attached hydrogen (secondary N) is 1. The maximum absolute atomic E-state index is 12.3. The topological polar surface area (TPSA) is 46.9 Å². The summed E-state index contributed by atoms with van der Waals surface area (Å²) < 4.78 is 2.11. The van der Waals surface area contributed by atoms with Crippen molar-refractivity contribution < 1.29 is 4.79 Å². The van der Waals surface area contributed by atoms with Crippen LogP contribution in [0.4, 0.5) is 0 Å². The molecule has 0 aromatic carbocycles. The van der Waals surface area contributed by atoms with Gasteiger partial charge in [0.15, 0.2) is 0 Å². The summed E-state index contributed by atoms with van der Waals surface area (Å²) >= 11 is 1.63. The molecule has 0 spiro atoms. The summed E-state index contributed by atoms with van der Waals surface area (Å²) in [6.45, 7) is 6.50. The van der Waals surface area contributed by atoms with E-state index in [9.17, 15) is 4.79 Å². The summed E-state index contributed by atoms with van der Waals surface area (Å²) in [6.07, 6.45) is 5.55. The van der Waals surface area contributed by atoms with Crippen LogP contribution in [0.2, 0.25) is 0 Å². The molecular formula is C17H23N3OS. The third-order valence-corrected chi connectivity index (χ3v) is 4.94. The van der Waals surface area contributed by atoms with Crippen LogP contribution in [-0.2, 0) is 23.2 Å². The smallest absolute Gasteiger partial charge is 0.225 e. The van der Waals surface area contributed by atoms with Crippen molar-refractivity contribution in [2.45, 2.75) is 58.0 Å². The van der Waals surface area contributed by atoms with Crippen molar-refractivity contribution in [1.82, 2.24) is 15.1 Å². The van der Waals surface area contributed by atoms with E-state index in [0.29, 0.717) is 6.42 Å². The summed E-state index contributed by atoms with van der Waals surface area (Å²) in [6, 6.07) is 4.10. The minimum atomic E-state index is -0.0174. The first-order valence-electron chi connectivity index (χ1n) is 7.84. The lowest BCUT2D eigenvalue weighted by Crippen LogP contribution is -2.33. The largest absolute Gasteiger partial charge is 0.349 e. The fourth-order valence-corrected chi connectivity index (χ4v) is 3.81. The van der Waals surface area contributed by atoms with Gasteiger partial charge in [0.2, 0.25) is 5.91 Å². The molecular weight excluding hydrogens is 294 g/mol. The number of thiophene rings is 1. The van der Waals surface area contributed by atoms with E-state index in [-0.39, 0.29) is 17.5 Å². The van der Waals surface area contributed by atoms with Crippen molar-refractivity contribution in [3.63, 3.8) is 0 Å². The molecule has 1 N–H and O–H groups in total. The molecule has 4 nitrogen and oxygen atoms in total. The number of hydrogen-bond donors (Lipinski definition) is 1. The highest BCUT2D eigenvalue weighted by molar-refractivity contribution is 7.10. The Bertz CT molecular complexity index is 652. The van der Waals surface area contributed by atoms with E-state index in [0.717, 1.165) is 24.1 Å². The highest BCUT2D eigenvalue weighted by atomic mass is 32.1. The maximum atomic E-state index is 12.3. The van der Waals surface area contributed by atoms with Gasteiger partial charge in [0.25, 0.3) is 0 Å². The zero-order chi connectivity index (χ0) is 15.7. The monoisotopic (exact) mass is 317 g/mol. The number of hydrogen-bond acceptors (Lipinski definition) is 3. The number of carbonyl (C=O) groups is 1. The predicted molar refractivity (Wildman–Crippen MR) is 89.1 cm³/mol. The average Bonchev–Trinajstić information content (AvgIpc) is 3.06. The Morgan fingerprint density at radius 3 is 3.00 bits per heavy atom. The second kappa shape index (κ2) is 5.88. The van der Waals surface area contributed by atoms with Crippen molar-refractivity contribution in [3.05, 3.63) is 39.8 Å². The third kappa shape index (κ3) is 3.09. The lowest BCUT2D eigenvalue weighted by Gasteiger charge is -2.28. The summed E-state index contributed by atoms with van der Waals surface area (Å²) in [7, 11) is 0. The highest BCUT2D eigenvalue weighted by Crippen LogP contribution is 2.32. The van der Waals surface area contributed by atoms with Gasteiger partial charge in [0, 0.05) is 16.1 Å². The Kier molecular flexibility index (Phi) is 4.08. The van der Waals surface area contributed by atoms with E-state index in [1.54, 1.807) is 11.3 Å². The molecule has 0 saturated carbocycles. The van der Waals surface area contributed by atoms with Crippen LogP contribution in [0.25, 0.3) is 0 Å². The standard InChI is InChI=1S/C17H23N3OS/c1-17(2,3)20-15-8-4-7-14(13(15)11-18-20)19-16(21)10-12-6-5-9-22-12/h5-6,9,11,14H,4,7-8,10H2,1-3H3,(H,19,21)/t14-/m1/s1. The molecule has 1 amide bonds. The first-order valence-corrected chi connectivity index (χ1v) is 8.72. The lowest BCUT2D eigenvalue weighted by atomic mass is 9.92. The fraction of sp³-hybridized carbons (Fsp3) is 0.529. The van der Waals surface area contributed by atoms with E-state index < -0.39 is 0 Å². The van der Waals surface area contributed by atoms with Crippen LogP contribution in [0.5, 0.6) is 0 Å². The van der Waals surface area contributed by atoms with Gasteiger partial charge in [-0.25, -0.2) is 0 Å². The minimum Gasteiger partial charge on any atom is -0.349 e. The molecule has 0 bridgehead atoms. The Labute approximate surface area is 135 Å². The van der Waals surface area contributed by atoms with Gasteiger partial charge in [0.1, 0.15) is 0 Å². The maximum Gasteiger partial charge on any atom is 0.225 e. The van der Waals surface area contributed by atoms with Crippen LogP contribution in [0.1, 0.15) is 55.8 Å². The zero-order valence-electron chi connectivity index (χ0n) is 13.4. The van der Waals surface area contributed by atoms with Crippen molar-refractivity contribution in [2.75, 3.05) is 0 Å². The Hall–Kier alpha value is -1.62. The second-order valence-electron chi connectivity index (χ2n) is 6.90. The first kappa shape index (κ1) is 15.3. The number of amides is 1. The molecule has 0 unspecified atom stereocenters. The molecule has 118 valence electrons. The summed E-state index contributed by atoms with van der Waals surface area (Å²) in [4.78, 5) is 13.4. The first-order chi connectivity index (χ1) is 10.4. The minimum absolute atomic E-state index is 0.0174. The molecule has 1 aliphatic carbocycles. The van der Waals surface area contributed by atoms with Gasteiger partial charge in [-0.3, -0.25) is 9.48 Å². The zero-order valence-corrected chi connectivity index (χ0v) is 14.2. The molecule has 3 rings (SSSR count). The second-order valence-corrected chi connectivity index (χ2v) is 7.93. The molecule has 2 heterocycles. The summed E-state index contributed by atoms with van der Waals surface area (Å²) in [5, 5.41) is 9.77. The van der Waals surface area contributed by atoms with Crippen LogP contribution in [-0.4, -0.2) is 15.7 Å². The number of fused-ring (bicyclic) bond motifs is 1. The number of nitrogens with zero attached hydrogens (tertiary/aromatic N) is 2. The number of carbonyl (C=O) groups excluding carboxylic acids is 1. The van der Waals surface area contributed by atoms with E-state index >= 15 is 0 Å². The Morgan fingerprint density at radius 2 is 2.32 bits per heavy atom. The third-order valence-electron chi connectivity index (χ3n) is 4.07. The highest BCUT2D eigenvalue weighted by Gasteiger charge is 2.28. The van der Waals surface area contributed by atoms with Crippen LogP contribution >= 0.6 is 11.3 Å². The van der Waals surface area contributed by atoms with Crippen LogP contribution in [0.3, 0.4) is 0 Å². The van der Waals surface area contributed by atoms with Crippen LogP contribution in [0, 0.1) is 0 Å². The van der Waals surface area contributed by atoms with E-state index in [1.165, 1.54) is 11.3 Å². The van der Waals surface area contributed by atoms with Crippen molar-refractivity contribution >= 4 is 17.2 Å². The van der Waals surface area contributed by atoms with Gasteiger partial charge in [0.05, 0.1) is 24.2 Å². The average molecular weight is 317 g/mol. The molecule has 5 heteroatoms. The van der Waals surface area contributed by atoms with Crippen LogP contribution < -0.4 is 5.32 Å². The quantitative estimate of drug-likeness (QED) is 0.942. The molecule has 2 aromatic heterocycles. The van der Waals surface area contributed by atoms with Gasteiger partial charge in [-0.15, -0.1) is 11.3 Å². The molecule has 1 aliphatic rings. The van der Waals surface area contributed by atoms with E-state index in [1.807, 2.05) is 23.7 Å². The molecule has 0 saturated heterocycles. The van der Waals surface area contributed by atoms with Crippen molar-refractivity contribution in [3.8, 4) is 0 Å². The van der Waals surface area contributed by atoms with Gasteiger partial charge < -0.3 is 5.32 Å². The normalized spacial score (nSPS) is 18.0. The molecule has 0 radical (unpaired) electrons. The predicted octanol–water partition coefficient (Wildman–Crippen LogP) is 3.44. The van der Waals surface area contributed by atoms with Crippen molar-refractivity contribution in [2.24, 2.45) is 0 Å². The SMILES string of the molecule is CC(C)(C)n1ncc2c1CCC[C@H]2NC(=O)Cc1cccs1. The number of aromatic nitrogens is 2. The summed E-state index contributed by atoms with van der Waals surface area (Å²) in [5.41, 5.74) is 2.46. The molecule has 1 atom stereocenters. The van der Waals surface area contributed by atoms with Gasteiger partial charge in [-0.1, -0.05) is 6.07 Å². The molecule has 0 fully saturated rings. The Balaban J connectivity index is 1.75. The van der Waals surface area contributed by atoms with Gasteiger partial charge in [-0.2, -0.15) is 5.10 Å². The van der Waals surface area contributed by atoms with E-state index in [2.05, 4.69) is 35.9 Å². The molecule has 0 aliphatic heterocycles. The van der Waals surface area contributed by atoms with Crippen LogP contribution in [0.15, 0.2) is 23.7 Å². The Morgan fingerprint density at radius 1 is 1.50 bits per heavy atom. The van der Waals surface area contributed by atoms with Gasteiger partial charge in [-0.05, 0) is 51.5 Å². The summed E-state index contributed by atoms with van der Waals surface area (Å²) in [5.74, 6) is 0.101. The molecule has 22 heavy (non-hydrogen) atoms.